The van der Waals surface area contributed by atoms with Crippen LogP contribution in [0.2, 0.25) is 0 Å². The molecule has 3 heteroatoms. The van der Waals surface area contributed by atoms with E-state index in [4.69, 9.17) is 0 Å². The Balaban J connectivity index is 2.37. The number of rotatable bonds is 2. The lowest BCUT2D eigenvalue weighted by atomic mass is 9.98. The third-order valence-corrected chi connectivity index (χ3v) is 3.10. The zero-order valence-electron chi connectivity index (χ0n) is 10.8. The van der Waals surface area contributed by atoms with Crippen LogP contribution in [0.3, 0.4) is 0 Å². The zero-order chi connectivity index (χ0) is 14.0. The quantitative estimate of drug-likeness (QED) is 0.672. The van der Waals surface area contributed by atoms with E-state index in [1.807, 2.05) is 24.3 Å². The zero-order valence-corrected chi connectivity index (χ0v) is 10.8. The fraction of sp³-hybridized carbons (Fsp3) is 0.250. The van der Waals surface area contributed by atoms with Gasteiger partial charge in [-0.25, -0.2) is 0 Å². The van der Waals surface area contributed by atoms with Gasteiger partial charge in [0.05, 0.1) is 5.56 Å². The van der Waals surface area contributed by atoms with Gasteiger partial charge in [-0.1, -0.05) is 50.2 Å². The molecule has 0 aliphatic rings. The minimum absolute atomic E-state index is 0.413. The number of benzene rings is 2. The molecule has 0 bridgehead atoms. The lowest BCUT2D eigenvalue weighted by molar-refractivity contribution is -0.137. The van der Waals surface area contributed by atoms with Gasteiger partial charge < -0.3 is 0 Å². The third-order valence-electron chi connectivity index (χ3n) is 3.10. The molecule has 2 aromatic carbocycles. The van der Waals surface area contributed by atoms with Crippen LogP contribution < -0.4 is 0 Å². The van der Waals surface area contributed by atoms with E-state index in [2.05, 4.69) is 13.8 Å². The summed E-state index contributed by atoms with van der Waals surface area (Å²) in [4.78, 5) is 0. The summed E-state index contributed by atoms with van der Waals surface area (Å²) in [6.07, 6.45) is -4.30. The molecule has 0 aliphatic carbocycles. The van der Waals surface area contributed by atoms with Crippen LogP contribution in [0.15, 0.2) is 48.5 Å². The third kappa shape index (κ3) is 3.16. The van der Waals surface area contributed by atoms with E-state index >= 15 is 0 Å². The minimum atomic E-state index is -4.30. The first-order valence-electron chi connectivity index (χ1n) is 6.15. The molecule has 0 aromatic heterocycles. The second-order valence-corrected chi connectivity index (χ2v) is 4.86. The molecule has 19 heavy (non-hydrogen) atoms. The van der Waals surface area contributed by atoms with E-state index in [1.54, 1.807) is 6.07 Å². The van der Waals surface area contributed by atoms with Gasteiger partial charge in [-0.05, 0) is 34.7 Å². The van der Waals surface area contributed by atoms with E-state index < -0.39 is 11.7 Å². The summed E-state index contributed by atoms with van der Waals surface area (Å²) in [5.74, 6) is 0.413. The molecule has 2 rings (SSSR count). The van der Waals surface area contributed by atoms with E-state index in [9.17, 15) is 13.2 Å². The molecular weight excluding hydrogens is 249 g/mol. The predicted molar refractivity (Wildman–Crippen MR) is 71.0 cm³/mol. The van der Waals surface area contributed by atoms with Crippen LogP contribution in [-0.4, -0.2) is 0 Å². The van der Waals surface area contributed by atoms with Gasteiger partial charge in [-0.2, -0.15) is 13.2 Å². The van der Waals surface area contributed by atoms with Crippen LogP contribution in [0.25, 0.3) is 11.1 Å². The fourth-order valence-corrected chi connectivity index (χ4v) is 1.94. The van der Waals surface area contributed by atoms with Crippen molar-refractivity contribution in [2.24, 2.45) is 0 Å². The SMILES string of the molecule is CC(C)c1ccc(-c2cccc(C(F)(F)F)c2)cc1. The average molecular weight is 264 g/mol. The molecule has 0 atom stereocenters. The minimum Gasteiger partial charge on any atom is -0.166 e. The summed E-state index contributed by atoms with van der Waals surface area (Å²) in [5, 5.41) is 0. The molecule has 0 heterocycles. The lowest BCUT2D eigenvalue weighted by Crippen LogP contribution is -2.04. The van der Waals surface area contributed by atoms with Gasteiger partial charge in [-0.15, -0.1) is 0 Å². The number of hydrogen-bond acceptors (Lipinski definition) is 0. The number of alkyl halides is 3. The van der Waals surface area contributed by atoms with Gasteiger partial charge in [0, 0.05) is 0 Å². The largest absolute Gasteiger partial charge is 0.416 e. The molecule has 100 valence electrons. The molecular formula is C16H15F3. The Morgan fingerprint density at radius 3 is 2.00 bits per heavy atom. The molecule has 0 unspecified atom stereocenters. The van der Waals surface area contributed by atoms with Crippen molar-refractivity contribution in [1.82, 2.24) is 0 Å². The average Bonchev–Trinajstić information content (AvgIpc) is 2.38. The monoisotopic (exact) mass is 264 g/mol. The first kappa shape index (κ1) is 13.7. The number of halogens is 3. The molecule has 2 aromatic rings. The summed E-state index contributed by atoms with van der Waals surface area (Å²) in [6.45, 7) is 4.17. The predicted octanol–water partition coefficient (Wildman–Crippen LogP) is 5.50. The standard InChI is InChI=1S/C16H15F3/c1-11(2)12-6-8-13(9-7-12)14-4-3-5-15(10-14)16(17,18)19/h3-11H,1-2H3. The molecule has 0 nitrogen and oxygen atoms in total. The first-order valence-corrected chi connectivity index (χ1v) is 6.15. The normalized spacial score (nSPS) is 11.9. The van der Waals surface area contributed by atoms with Gasteiger partial charge >= 0.3 is 6.18 Å². The summed E-state index contributed by atoms with van der Waals surface area (Å²) < 4.78 is 38.0. The summed E-state index contributed by atoms with van der Waals surface area (Å²) >= 11 is 0. The Labute approximate surface area is 110 Å². The highest BCUT2D eigenvalue weighted by atomic mass is 19.4. The van der Waals surface area contributed by atoms with Crippen LogP contribution in [0.5, 0.6) is 0 Å². The Morgan fingerprint density at radius 1 is 0.842 bits per heavy atom. The number of hydrogen-bond donors (Lipinski definition) is 0. The summed E-state index contributed by atoms with van der Waals surface area (Å²) in [7, 11) is 0. The Kier molecular flexibility index (Phi) is 3.65. The van der Waals surface area contributed by atoms with Crippen molar-refractivity contribution >= 4 is 0 Å². The molecule has 0 radical (unpaired) electrons. The van der Waals surface area contributed by atoms with Crippen LogP contribution in [0, 0.1) is 0 Å². The molecule has 0 saturated carbocycles. The molecule has 0 fully saturated rings. The van der Waals surface area contributed by atoms with Crippen molar-refractivity contribution in [1.29, 1.82) is 0 Å². The van der Waals surface area contributed by atoms with E-state index in [0.29, 0.717) is 11.5 Å². The second kappa shape index (κ2) is 5.08. The highest BCUT2D eigenvalue weighted by Gasteiger charge is 2.30. The van der Waals surface area contributed by atoms with Crippen LogP contribution >= 0.6 is 0 Å². The Bertz CT molecular complexity index is 551. The first-order chi connectivity index (χ1) is 8.88. The molecule has 0 amide bonds. The maximum absolute atomic E-state index is 12.7. The fourth-order valence-electron chi connectivity index (χ4n) is 1.94. The summed E-state index contributed by atoms with van der Waals surface area (Å²) in [6, 6.07) is 13.1. The maximum Gasteiger partial charge on any atom is 0.416 e. The highest BCUT2D eigenvalue weighted by molar-refractivity contribution is 5.64. The smallest absolute Gasteiger partial charge is 0.166 e. The van der Waals surface area contributed by atoms with Gasteiger partial charge in [0.1, 0.15) is 0 Å². The van der Waals surface area contributed by atoms with E-state index in [-0.39, 0.29) is 0 Å². The Hall–Kier alpha value is -1.77. The van der Waals surface area contributed by atoms with Crippen molar-refractivity contribution in [2.45, 2.75) is 25.9 Å². The van der Waals surface area contributed by atoms with Gasteiger partial charge in [0.2, 0.25) is 0 Å². The molecule has 0 N–H and O–H groups in total. The highest BCUT2D eigenvalue weighted by Crippen LogP contribution is 2.32. The van der Waals surface area contributed by atoms with Crippen molar-refractivity contribution in [3.63, 3.8) is 0 Å². The molecule has 0 spiro atoms. The second-order valence-electron chi connectivity index (χ2n) is 4.86. The lowest BCUT2D eigenvalue weighted by Gasteiger charge is -2.10. The summed E-state index contributed by atoms with van der Waals surface area (Å²) in [5.41, 5.74) is 1.95. The van der Waals surface area contributed by atoms with Gasteiger partial charge in [-0.3, -0.25) is 0 Å². The van der Waals surface area contributed by atoms with Crippen LogP contribution in [-0.2, 0) is 6.18 Å². The van der Waals surface area contributed by atoms with E-state index in [1.165, 1.54) is 17.7 Å². The van der Waals surface area contributed by atoms with Crippen molar-refractivity contribution in [2.75, 3.05) is 0 Å². The van der Waals surface area contributed by atoms with E-state index in [0.717, 1.165) is 11.6 Å². The molecule has 0 aliphatic heterocycles. The van der Waals surface area contributed by atoms with Crippen molar-refractivity contribution < 1.29 is 13.2 Å². The maximum atomic E-state index is 12.7. The van der Waals surface area contributed by atoms with Gasteiger partial charge in [0.25, 0.3) is 0 Å². The van der Waals surface area contributed by atoms with Gasteiger partial charge in [0.15, 0.2) is 0 Å². The molecule has 0 saturated heterocycles. The van der Waals surface area contributed by atoms with Crippen LogP contribution in [0.4, 0.5) is 13.2 Å². The van der Waals surface area contributed by atoms with Crippen molar-refractivity contribution in [3.05, 3.63) is 59.7 Å². The van der Waals surface area contributed by atoms with Crippen molar-refractivity contribution in [3.8, 4) is 11.1 Å². The topological polar surface area (TPSA) is 0 Å². The van der Waals surface area contributed by atoms with Crippen LogP contribution in [0.1, 0.15) is 30.9 Å². The Morgan fingerprint density at radius 2 is 1.47 bits per heavy atom.